The van der Waals surface area contributed by atoms with Crippen LogP contribution in [-0.2, 0) is 10.2 Å². The van der Waals surface area contributed by atoms with Gasteiger partial charge in [0, 0.05) is 30.7 Å². The molecule has 1 aromatic carbocycles. The quantitative estimate of drug-likeness (QED) is 0.875. The third-order valence-corrected chi connectivity index (χ3v) is 4.46. The third-order valence-electron chi connectivity index (χ3n) is 4.46. The first-order valence-corrected chi connectivity index (χ1v) is 7.54. The highest BCUT2D eigenvalue weighted by Crippen LogP contribution is 2.29. The van der Waals surface area contributed by atoms with Crippen molar-refractivity contribution in [1.29, 1.82) is 0 Å². The second-order valence-electron chi connectivity index (χ2n) is 6.10. The van der Waals surface area contributed by atoms with Crippen molar-refractivity contribution >= 4 is 0 Å². The lowest BCUT2D eigenvalue weighted by molar-refractivity contribution is 0.0713. The molecule has 0 amide bonds. The standard InChI is InChI=1S/C17H27NO/c1-4-16(18-15-10-12-19-13-11-15)17(2,3)14-8-6-5-7-9-14/h5-9,15-16,18H,4,10-13H2,1-3H3/t16-/m0/s1. The summed E-state index contributed by atoms with van der Waals surface area (Å²) in [4.78, 5) is 0. The van der Waals surface area contributed by atoms with E-state index in [4.69, 9.17) is 4.74 Å². The van der Waals surface area contributed by atoms with Crippen LogP contribution in [0.1, 0.15) is 45.6 Å². The Morgan fingerprint density at radius 3 is 2.42 bits per heavy atom. The van der Waals surface area contributed by atoms with Gasteiger partial charge in [-0.2, -0.15) is 0 Å². The van der Waals surface area contributed by atoms with Crippen molar-refractivity contribution in [3.05, 3.63) is 35.9 Å². The summed E-state index contributed by atoms with van der Waals surface area (Å²) >= 11 is 0. The van der Waals surface area contributed by atoms with Crippen LogP contribution in [-0.4, -0.2) is 25.3 Å². The highest BCUT2D eigenvalue weighted by molar-refractivity contribution is 5.25. The van der Waals surface area contributed by atoms with Crippen molar-refractivity contribution in [3.8, 4) is 0 Å². The number of nitrogens with one attached hydrogen (secondary N) is 1. The lowest BCUT2D eigenvalue weighted by Crippen LogP contribution is -2.50. The molecule has 0 aliphatic carbocycles. The minimum Gasteiger partial charge on any atom is -0.381 e. The van der Waals surface area contributed by atoms with Crippen molar-refractivity contribution in [1.82, 2.24) is 5.32 Å². The van der Waals surface area contributed by atoms with Crippen LogP contribution in [0.15, 0.2) is 30.3 Å². The van der Waals surface area contributed by atoms with E-state index in [2.05, 4.69) is 56.4 Å². The van der Waals surface area contributed by atoms with E-state index in [1.807, 2.05) is 0 Å². The Kier molecular flexibility index (Phi) is 5.00. The van der Waals surface area contributed by atoms with Crippen molar-refractivity contribution in [3.63, 3.8) is 0 Å². The fourth-order valence-corrected chi connectivity index (χ4v) is 3.05. The molecule has 1 aromatic rings. The number of hydrogen-bond donors (Lipinski definition) is 1. The summed E-state index contributed by atoms with van der Waals surface area (Å²) in [5.74, 6) is 0. The van der Waals surface area contributed by atoms with E-state index in [0.29, 0.717) is 12.1 Å². The van der Waals surface area contributed by atoms with E-state index < -0.39 is 0 Å². The van der Waals surface area contributed by atoms with Crippen LogP contribution in [0, 0.1) is 0 Å². The highest BCUT2D eigenvalue weighted by Gasteiger charge is 2.31. The van der Waals surface area contributed by atoms with Crippen molar-refractivity contribution in [2.24, 2.45) is 0 Å². The SMILES string of the molecule is CC[C@H](NC1CCOCC1)C(C)(C)c1ccccc1. The number of benzene rings is 1. The zero-order valence-corrected chi connectivity index (χ0v) is 12.5. The number of rotatable bonds is 5. The van der Waals surface area contributed by atoms with Gasteiger partial charge in [0.25, 0.3) is 0 Å². The molecule has 0 saturated carbocycles. The van der Waals surface area contributed by atoms with Gasteiger partial charge in [-0.1, -0.05) is 51.1 Å². The minimum absolute atomic E-state index is 0.161. The number of ether oxygens (including phenoxy) is 1. The number of hydrogen-bond acceptors (Lipinski definition) is 2. The van der Waals surface area contributed by atoms with Gasteiger partial charge >= 0.3 is 0 Å². The predicted molar refractivity (Wildman–Crippen MR) is 80.5 cm³/mol. The molecule has 1 fully saturated rings. The smallest absolute Gasteiger partial charge is 0.0480 e. The molecule has 2 rings (SSSR count). The Labute approximate surface area is 117 Å². The fraction of sp³-hybridized carbons (Fsp3) is 0.647. The fourth-order valence-electron chi connectivity index (χ4n) is 3.05. The van der Waals surface area contributed by atoms with Crippen molar-refractivity contribution in [2.45, 2.75) is 57.5 Å². The molecule has 19 heavy (non-hydrogen) atoms. The zero-order valence-electron chi connectivity index (χ0n) is 12.5. The maximum Gasteiger partial charge on any atom is 0.0480 e. The molecule has 1 aliphatic heterocycles. The van der Waals surface area contributed by atoms with Gasteiger partial charge in [-0.05, 0) is 24.8 Å². The average Bonchev–Trinajstić information content (AvgIpc) is 2.46. The van der Waals surface area contributed by atoms with Crippen LogP contribution < -0.4 is 5.32 Å². The molecule has 0 unspecified atom stereocenters. The van der Waals surface area contributed by atoms with E-state index in [-0.39, 0.29) is 5.41 Å². The minimum atomic E-state index is 0.161. The van der Waals surface area contributed by atoms with E-state index in [0.717, 1.165) is 32.5 Å². The molecule has 1 N–H and O–H groups in total. The van der Waals surface area contributed by atoms with Crippen LogP contribution in [0.3, 0.4) is 0 Å². The van der Waals surface area contributed by atoms with Crippen molar-refractivity contribution in [2.75, 3.05) is 13.2 Å². The molecule has 2 nitrogen and oxygen atoms in total. The summed E-state index contributed by atoms with van der Waals surface area (Å²) < 4.78 is 5.45. The lowest BCUT2D eigenvalue weighted by Gasteiger charge is -2.38. The first kappa shape index (κ1) is 14.5. The Bertz CT molecular complexity index is 368. The van der Waals surface area contributed by atoms with Gasteiger partial charge in [-0.15, -0.1) is 0 Å². The van der Waals surface area contributed by atoms with Gasteiger partial charge in [-0.3, -0.25) is 0 Å². The Morgan fingerprint density at radius 2 is 1.84 bits per heavy atom. The summed E-state index contributed by atoms with van der Waals surface area (Å²) in [6.07, 6.45) is 3.43. The van der Waals surface area contributed by atoms with Gasteiger partial charge < -0.3 is 10.1 Å². The second kappa shape index (κ2) is 6.53. The highest BCUT2D eigenvalue weighted by atomic mass is 16.5. The van der Waals surface area contributed by atoms with Gasteiger partial charge in [0.15, 0.2) is 0 Å². The molecule has 0 spiro atoms. The van der Waals surface area contributed by atoms with Gasteiger partial charge in [-0.25, -0.2) is 0 Å². The molecule has 0 aromatic heterocycles. The van der Waals surface area contributed by atoms with Gasteiger partial charge in [0.1, 0.15) is 0 Å². The summed E-state index contributed by atoms with van der Waals surface area (Å²) in [6.45, 7) is 8.78. The van der Waals surface area contributed by atoms with Gasteiger partial charge in [0.2, 0.25) is 0 Å². The Morgan fingerprint density at radius 1 is 1.21 bits per heavy atom. The summed E-state index contributed by atoms with van der Waals surface area (Å²) in [7, 11) is 0. The monoisotopic (exact) mass is 261 g/mol. The molecular formula is C17H27NO. The topological polar surface area (TPSA) is 21.3 Å². The predicted octanol–water partition coefficient (Wildman–Crippen LogP) is 3.51. The van der Waals surface area contributed by atoms with E-state index in [9.17, 15) is 0 Å². The molecule has 1 aliphatic rings. The molecular weight excluding hydrogens is 234 g/mol. The van der Waals surface area contributed by atoms with Crippen LogP contribution in [0.25, 0.3) is 0 Å². The maximum absolute atomic E-state index is 5.45. The Hall–Kier alpha value is -0.860. The summed E-state index contributed by atoms with van der Waals surface area (Å²) in [5, 5.41) is 3.86. The van der Waals surface area contributed by atoms with Crippen LogP contribution in [0.2, 0.25) is 0 Å². The molecule has 2 heteroatoms. The normalized spacial score (nSPS) is 19.3. The van der Waals surface area contributed by atoms with Gasteiger partial charge in [0.05, 0.1) is 0 Å². The van der Waals surface area contributed by atoms with E-state index in [1.165, 1.54) is 5.56 Å². The summed E-state index contributed by atoms with van der Waals surface area (Å²) in [6, 6.07) is 12.0. The van der Waals surface area contributed by atoms with E-state index >= 15 is 0 Å². The molecule has 106 valence electrons. The lowest BCUT2D eigenvalue weighted by atomic mass is 9.76. The zero-order chi connectivity index (χ0) is 13.7. The Balaban J connectivity index is 2.07. The molecule has 0 radical (unpaired) electrons. The average molecular weight is 261 g/mol. The third kappa shape index (κ3) is 3.58. The first-order valence-electron chi connectivity index (χ1n) is 7.54. The molecule has 1 saturated heterocycles. The van der Waals surface area contributed by atoms with Crippen molar-refractivity contribution < 1.29 is 4.74 Å². The van der Waals surface area contributed by atoms with Crippen LogP contribution in [0.5, 0.6) is 0 Å². The molecule has 1 heterocycles. The second-order valence-corrected chi connectivity index (χ2v) is 6.10. The van der Waals surface area contributed by atoms with Crippen LogP contribution >= 0.6 is 0 Å². The van der Waals surface area contributed by atoms with Crippen LogP contribution in [0.4, 0.5) is 0 Å². The summed E-state index contributed by atoms with van der Waals surface area (Å²) in [5.41, 5.74) is 1.58. The maximum atomic E-state index is 5.45. The molecule has 0 bridgehead atoms. The first-order chi connectivity index (χ1) is 9.14. The largest absolute Gasteiger partial charge is 0.381 e. The van der Waals surface area contributed by atoms with E-state index in [1.54, 1.807) is 0 Å². The molecule has 1 atom stereocenters.